The molecule has 0 aliphatic rings. The second kappa shape index (κ2) is 6.13. The molecule has 1 N–H and O–H groups in total. The molecule has 1 aromatic rings. The van der Waals surface area contributed by atoms with Gasteiger partial charge in [-0.25, -0.2) is 8.42 Å². The first-order valence-electron chi connectivity index (χ1n) is 6.50. The Hall–Kier alpha value is -1.44. The monoisotopic (exact) mass is 314 g/mol. The minimum Gasteiger partial charge on any atom is -0.271 e. The van der Waals surface area contributed by atoms with Crippen molar-refractivity contribution < 1.29 is 18.4 Å². The molecule has 0 aliphatic heterocycles. The third-order valence-electron chi connectivity index (χ3n) is 3.09. The van der Waals surface area contributed by atoms with E-state index in [0.717, 1.165) is 19.5 Å². The Bertz CT molecular complexity index is 620. The van der Waals surface area contributed by atoms with Gasteiger partial charge in [0.2, 0.25) is 10.0 Å². The number of hydroxylamine groups is 1. The third kappa shape index (κ3) is 4.52. The van der Waals surface area contributed by atoms with E-state index in [9.17, 15) is 18.4 Å². The number of benzene rings is 1. The number of rotatable bonds is 4. The Morgan fingerprint density at radius 3 is 2.33 bits per heavy atom. The smallest absolute Gasteiger partial charge is 0.259 e. The molecule has 0 unspecified atom stereocenters. The summed E-state index contributed by atoms with van der Waals surface area (Å²) in [4.78, 5) is 11.0. The van der Waals surface area contributed by atoms with Crippen LogP contribution in [-0.2, 0) is 26.0 Å². The van der Waals surface area contributed by atoms with Crippen molar-refractivity contribution in [1.82, 2.24) is 9.59 Å². The summed E-state index contributed by atoms with van der Waals surface area (Å²) >= 11 is 0. The number of hydrogen-bond acceptors (Lipinski definition) is 4. The number of nitrogens with zero attached hydrogens (tertiary/aromatic N) is 2. The van der Waals surface area contributed by atoms with Crippen LogP contribution in [-0.4, -0.2) is 36.2 Å². The maximum absolute atomic E-state index is 12.2. The van der Waals surface area contributed by atoms with E-state index in [1.54, 1.807) is 12.1 Å². The maximum Gasteiger partial charge on any atom is 0.259 e. The van der Waals surface area contributed by atoms with Gasteiger partial charge in [-0.1, -0.05) is 49.5 Å². The maximum atomic E-state index is 12.2. The zero-order valence-corrected chi connectivity index (χ0v) is 13.8. The summed E-state index contributed by atoms with van der Waals surface area (Å²) in [5, 5.41) is 9.51. The Labute approximate surface area is 126 Å². The highest BCUT2D eigenvalue weighted by Crippen LogP contribution is 2.23. The standard InChI is InChI=1S/C14H22N2O4S/c1-11(17)16(18)15(5)21(19,20)10-12-7-6-8-13(9-12)14(2,3)4/h6-9,18H,10H2,1-5H3. The van der Waals surface area contributed by atoms with Crippen LogP contribution in [0.1, 0.15) is 38.8 Å². The van der Waals surface area contributed by atoms with Crippen LogP contribution < -0.4 is 0 Å². The molecule has 0 atom stereocenters. The molecule has 1 amide bonds. The third-order valence-corrected chi connectivity index (χ3v) is 4.75. The summed E-state index contributed by atoms with van der Waals surface area (Å²) < 4.78 is 24.9. The van der Waals surface area contributed by atoms with Crippen molar-refractivity contribution in [1.29, 1.82) is 0 Å². The topological polar surface area (TPSA) is 77.9 Å². The van der Waals surface area contributed by atoms with E-state index in [2.05, 4.69) is 0 Å². The first kappa shape index (κ1) is 17.6. The molecule has 0 saturated carbocycles. The summed E-state index contributed by atoms with van der Waals surface area (Å²) in [6.45, 7) is 7.19. The fourth-order valence-corrected chi connectivity index (χ4v) is 2.89. The lowest BCUT2D eigenvalue weighted by Gasteiger charge is -2.24. The van der Waals surface area contributed by atoms with E-state index in [4.69, 9.17) is 0 Å². The lowest BCUT2D eigenvalue weighted by Crippen LogP contribution is -2.44. The SMILES string of the molecule is CC(=O)N(O)N(C)S(=O)(=O)Cc1cccc(C(C)(C)C)c1. The molecule has 0 aromatic heterocycles. The molecule has 0 saturated heterocycles. The predicted octanol–water partition coefficient (Wildman–Crippen LogP) is 1.90. The molecule has 7 heteroatoms. The van der Waals surface area contributed by atoms with Crippen LogP contribution in [0.2, 0.25) is 0 Å². The molecule has 0 fully saturated rings. The van der Waals surface area contributed by atoms with Crippen molar-refractivity contribution in [2.75, 3.05) is 7.05 Å². The predicted molar refractivity (Wildman–Crippen MR) is 79.8 cm³/mol. The van der Waals surface area contributed by atoms with Gasteiger partial charge in [0.25, 0.3) is 5.91 Å². The van der Waals surface area contributed by atoms with Crippen molar-refractivity contribution in [2.45, 2.75) is 38.9 Å². The van der Waals surface area contributed by atoms with Gasteiger partial charge in [-0.3, -0.25) is 10.0 Å². The molecule has 0 bridgehead atoms. The molecule has 0 radical (unpaired) electrons. The summed E-state index contributed by atoms with van der Waals surface area (Å²) in [6.07, 6.45) is 0. The first-order valence-corrected chi connectivity index (χ1v) is 8.11. The fraction of sp³-hybridized carbons (Fsp3) is 0.500. The largest absolute Gasteiger partial charge is 0.271 e. The molecule has 118 valence electrons. The average molecular weight is 314 g/mol. The number of hydrazine groups is 1. The van der Waals surface area contributed by atoms with E-state index < -0.39 is 15.9 Å². The Balaban J connectivity index is 3.03. The Kier molecular flexibility index (Phi) is 5.14. The van der Waals surface area contributed by atoms with Crippen LogP contribution in [0.5, 0.6) is 0 Å². The van der Waals surface area contributed by atoms with Gasteiger partial charge < -0.3 is 0 Å². The number of amides is 1. The highest BCUT2D eigenvalue weighted by molar-refractivity contribution is 7.88. The van der Waals surface area contributed by atoms with Gasteiger partial charge in [0.05, 0.1) is 5.75 Å². The molecule has 0 aliphatic carbocycles. The number of carbonyl (C=O) groups is 1. The molecule has 1 rings (SSSR count). The second-order valence-corrected chi connectivity index (χ2v) is 7.93. The van der Waals surface area contributed by atoms with Crippen LogP contribution in [0.4, 0.5) is 0 Å². The number of sulfonamides is 1. The average Bonchev–Trinajstić information content (AvgIpc) is 2.35. The second-order valence-electron chi connectivity index (χ2n) is 5.95. The van der Waals surface area contributed by atoms with Crippen molar-refractivity contribution in [2.24, 2.45) is 0 Å². The van der Waals surface area contributed by atoms with Crippen LogP contribution in [0.3, 0.4) is 0 Å². The van der Waals surface area contributed by atoms with E-state index in [-0.39, 0.29) is 16.3 Å². The van der Waals surface area contributed by atoms with E-state index in [1.807, 2.05) is 32.9 Å². The molecule has 6 nitrogen and oxygen atoms in total. The number of carbonyl (C=O) groups excluding carboxylic acids is 1. The molecule has 0 spiro atoms. The first-order chi connectivity index (χ1) is 9.45. The molecule has 21 heavy (non-hydrogen) atoms. The van der Waals surface area contributed by atoms with Crippen molar-refractivity contribution in [3.63, 3.8) is 0 Å². The van der Waals surface area contributed by atoms with Gasteiger partial charge in [0.1, 0.15) is 0 Å². The molecular formula is C14H22N2O4S. The van der Waals surface area contributed by atoms with Gasteiger partial charge in [-0.05, 0) is 16.5 Å². The van der Waals surface area contributed by atoms with Crippen molar-refractivity contribution in [3.8, 4) is 0 Å². The van der Waals surface area contributed by atoms with Gasteiger partial charge in [-0.15, -0.1) is 5.17 Å². The van der Waals surface area contributed by atoms with Gasteiger partial charge >= 0.3 is 0 Å². The normalized spacial score (nSPS) is 12.5. The molecule has 0 heterocycles. The fourth-order valence-electron chi connectivity index (χ4n) is 1.75. The zero-order valence-electron chi connectivity index (χ0n) is 13.0. The van der Waals surface area contributed by atoms with Crippen LogP contribution in [0.15, 0.2) is 24.3 Å². The highest BCUT2D eigenvalue weighted by Gasteiger charge is 2.26. The minimum absolute atomic E-state index is 0.0863. The van der Waals surface area contributed by atoms with Crippen molar-refractivity contribution >= 4 is 15.9 Å². The van der Waals surface area contributed by atoms with E-state index in [0.29, 0.717) is 9.98 Å². The van der Waals surface area contributed by atoms with E-state index in [1.165, 1.54) is 0 Å². The summed E-state index contributed by atoms with van der Waals surface area (Å²) in [6, 6.07) is 7.26. The molecule has 1 aromatic carbocycles. The highest BCUT2D eigenvalue weighted by atomic mass is 32.2. The zero-order chi connectivity index (χ0) is 16.4. The van der Waals surface area contributed by atoms with Gasteiger partial charge in [-0.2, -0.15) is 0 Å². The Morgan fingerprint density at radius 1 is 1.29 bits per heavy atom. The van der Waals surface area contributed by atoms with E-state index >= 15 is 0 Å². The van der Waals surface area contributed by atoms with Gasteiger partial charge in [0.15, 0.2) is 0 Å². The summed E-state index contributed by atoms with van der Waals surface area (Å²) in [5.41, 5.74) is 1.53. The lowest BCUT2D eigenvalue weighted by atomic mass is 9.86. The quantitative estimate of drug-likeness (QED) is 0.680. The Morgan fingerprint density at radius 2 is 1.86 bits per heavy atom. The minimum atomic E-state index is -3.83. The van der Waals surface area contributed by atoms with Gasteiger partial charge in [0, 0.05) is 14.0 Å². The summed E-state index contributed by atoms with van der Waals surface area (Å²) in [7, 11) is -2.70. The summed E-state index contributed by atoms with van der Waals surface area (Å²) in [5.74, 6) is -1.07. The van der Waals surface area contributed by atoms with Crippen LogP contribution >= 0.6 is 0 Å². The van der Waals surface area contributed by atoms with Crippen LogP contribution in [0.25, 0.3) is 0 Å². The lowest BCUT2D eigenvalue weighted by molar-refractivity contribution is -0.203. The van der Waals surface area contributed by atoms with Crippen LogP contribution in [0, 0.1) is 0 Å². The number of hydrogen-bond donors (Lipinski definition) is 1. The molecular weight excluding hydrogens is 292 g/mol. The van der Waals surface area contributed by atoms with Crippen molar-refractivity contribution in [3.05, 3.63) is 35.4 Å².